The first-order valence-electron chi connectivity index (χ1n) is 5.56. The van der Waals surface area contributed by atoms with Crippen LogP contribution in [0.3, 0.4) is 0 Å². The highest BCUT2D eigenvalue weighted by Gasteiger charge is 2.48. The van der Waals surface area contributed by atoms with Crippen molar-refractivity contribution >= 4 is 18.4 Å². The van der Waals surface area contributed by atoms with Gasteiger partial charge in [0.25, 0.3) is 0 Å². The van der Waals surface area contributed by atoms with Crippen LogP contribution in [0.1, 0.15) is 49.2 Å². The van der Waals surface area contributed by atoms with Crippen molar-refractivity contribution in [3.63, 3.8) is 0 Å². The second-order valence-electron chi connectivity index (χ2n) is 5.50. The summed E-state index contributed by atoms with van der Waals surface area (Å²) < 4.78 is 0. The van der Waals surface area contributed by atoms with Gasteiger partial charge in [-0.05, 0) is 51.0 Å². The Morgan fingerprint density at radius 1 is 1.11 bits per heavy atom. The van der Waals surface area contributed by atoms with Crippen LogP contribution >= 0.6 is 12.4 Å². The number of aromatic carboxylic acids is 1. The first kappa shape index (κ1) is 15.0. The predicted octanol–water partition coefficient (Wildman–Crippen LogP) is 2.98. The number of carbonyl (C=O) groups is 1. The molecule has 18 heavy (non-hydrogen) atoms. The minimum Gasteiger partial charge on any atom is -0.478 e. The number of carboxylic acids is 1. The first-order chi connectivity index (χ1) is 7.69. The van der Waals surface area contributed by atoms with E-state index in [0.29, 0.717) is 0 Å². The molecule has 100 valence electrons. The summed E-state index contributed by atoms with van der Waals surface area (Å²) in [5.74, 6) is -0.946. The zero-order valence-electron chi connectivity index (χ0n) is 10.9. The molecule has 1 aliphatic rings. The minimum absolute atomic E-state index is 0. The zero-order valence-corrected chi connectivity index (χ0v) is 11.7. The predicted molar refractivity (Wildman–Crippen MR) is 70.3 cm³/mol. The number of hydrogen-bond acceptors (Lipinski definition) is 3. The number of fused-ring (bicyclic) bond motifs is 1. The highest BCUT2D eigenvalue weighted by Crippen LogP contribution is 2.48. The molecule has 0 spiro atoms. The smallest absolute Gasteiger partial charge is 0.335 e. The van der Waals surface area contributed by atoms with Gasteiger partial charge in [-0.2, -0.15) is 5.06 Å². The summed E-state index contributed by atoms with van der Waals surface area (Å²) in [6.45, 7) is 7.60. The second-order valence-corrected chi connectivity index (χ2v) is 5.50. The molecular formula is C13H18ClNO3. The number of nitrogens with zero attached hydrogens (tertiary/aromatic N) is 1. The Hall–Kier alpha value is -1.10. The van der Waals surface area contributed by atoms with Crippen LogP contribution in [-0.2, 0) is 11.1 Å². The van der Waals surface area contributed by atoms with E-state index in [9.17, 15) is 10.0 Å². The number of halogens is 1. The summed E-state index contributed by atoms with van der Waals surface area (Å²) in [5, 5.41) is 20.5. The van der Waals surface area contributed by atoms with Crippen molar-refractivity contribution in [2.24, 2.45) is 0 Å². The van der Waals surface area contributed by atoms with E-state index in [0.717, 1.165) is 11.1 Å². The summed E-state index contributed by atoms with van der Waals surface area (Å²) in [6.07, 6.45) is 0. The number of benzene rings is 1. The first-order valence-corrected chi connectivity index (χ1v) is 5.56. The van der Waals surface area contributed by atoms with Crippen LogP contribution in [0.2, 0.25) is 0 Å². The van der Waals surface area contributed by atoms with Crippen LogP contribution < -0.4 is 0 Å². The summed E-state index contributed by atoms with van der Waals surface area (Å²) in [7, 11) is 0. The maximum absolute atomic E-state index is 11.0. The third kappa shape index (κ3) is 1.81. The molecule has 0 aromatic heterocycles. The Balaban J connectivity index is 0.00000162. The second kappa shape index (κ2) is 4.23. The highest BCUT2D eigenvalue weighted by molar-refractivity contribution is 5.88. The lowest BCUT2D eigenvalue weighted by atomic mass is 9.89. The molecule has 0 bridgehead atoms. The average molecular weight is 272 g/mol. The van der Waals surface area contributed by atoms with Crippen molar-refractivity contribution < 1.29 is 15.1 Å². The van der Waals surface area contributed by atoms with Crippen LogP contribution in [0.25, 0.3) is 0 Å². The van der Waals surface area contributed by atoms with Crippen molar-refractivity contribution in [1.82, 2.24) is 5.06 Å². The molecule has 0 amide bonds. The van der Waals surface area contributed by atoms with E-state index in [-0.39, 0.29) is 18.0 Å². The average Bonchev–Trinajstić information content (AvgIpc) is 2.38. The van der Waals surface area contributed by atoms with Crippen molar-refractivity contribution in [1.29, 1.82) is 0 Å². The maximum atomic E-state index is 11.0. The van der Waals surface area contributed by atoms with Crippen molar-refractivity contribution in [2.45, 2.75) is 38.8 Å². The van der Waals surface area contributed by atoms with Crippen LogP contribution in [0.5, 0.6) is 0 Å². The fourth-order valence-corrected chi connectivity index (χ4v) is 2.64. The van der Waals surface area contributed by atoms with E-state index >= 15 is 0 Å². The van der Waals surface area contributed by atoms with Crippen LogP contribution in [0.15, 0.2) is 18.2 Å². The largest absolute Gasteiger partial charge is 0.478 e. The van der Waals surface area contributed by atoms with Gasteiger partial charge in [-0.15, -0.1) is 12.4 Å². The van der Waals surface area contributed by atoms with Crippen LogP contribution in [0, 0.1) is 0 Å². The Morgan fingerprint density at radius 2 is 1.61 bits per heavy atom. The number of hydroxylamine groups is 2. The van der Waals surface area contributed by atoms with Gasteiger partial charge in [0.15, 0.2) is 0 Å². The van der Waals surface area contributed by atoms with Crippen molar-refractivity contribution in [3.8, 4) is 0 Å². The van der Waals surface area contributed by atoms with Gasteiger partial charge in [-0.1, -0.05) is 6.07 Å². The Bertz CT molecular complexity index is 497. The summed E-state index contributed by atoms with van der Waals surface area (Å²) in [4.78, 5) is 11.0. The normalized spacial score (nSPS) is 20.1. The summed E-state index contributed by atoms with van der Waals surface area (Å²) >= 11 is 0. The molecule has 0 radical (unpaired) electrons. The molecule has 0 aliphatic carbocycles. The van der Waals surface area contributed by atoms with E-state index < -0.39 is 17.0 Å². The summed E-state index contributed by atoms with van der Waals surface area (Å²) in [6, 6.07) is 5.02. The third-order valence-electron chi connectivity index (χ3n) is 3.64. The quantitative estimate of drug-likeness (QED) is 0.824. The Kier molecular flexibility index (Phi) is 3.51. The number of hydrogen-bond donors (Lipinski definition) is 2. The Labute approximate surface area is 113 Å². The van der Waals surface area contributed by atoms with Gasteiger partial charge in [-0.3, -0.25) is 0 Å². The molecular weight excluding hydrogens is 254 g/mol. The fraction of sp³-hybridized carbons (Fsp3) is 0.462. The van der Waals surface area contributed by atoms with E-state index in [4.69, 9.17) is 5.11 Å². The lowest BCUT2D eigenvalue weighted by Crippen LogP contribution is -2.42. The van der Waals surface area contributed by atoms with Gasteiger partial charge in [0, 0.05) is 0 Å². The minimum atomic E-state index is -0.946. The lowest BCUT2D eigenvalue weighted by Gasteiger charge is -2.34. The van der Waals surface area contributed by atoms with Gasteiger partial charge in [-0.25, -0.2) is 4.79 Å². The molecule has 2 rings (SSSR count). The zero-order chi connectivity index (χ0) is 13.0. The molecule has 2 N–H and O–H groups in total. The molecule has 0 saturated heterocycles. The third-order valence-corrected chi connectivity index (χ3v) is 3.64. The van der Waals surface area contributed by atoms with Gasteiger partial charge < -0.3 is 10.3 Å². The maximum Gasteiger partial charge on any atom is 0.335 e. The van der Waals surface area contributed by atoms with Crippen molar-refractivity contribution in [2.75, 3.05) is 0 Å². The topological polar surface area (TPSA) is 60.8 Å². The molecule has 5 heteroatoms. The molecule has 0 atom stereocenters. The van der Waals surface area contributed by atoms with Gasteiger partial charge >= 0.3 is 5.97 Å². The van der Waals surface area contributed by atoms with Gasteiger partial charge in [0.2, 0.25) is 0 Å². The van der Waals surface area contributed by atoms with Crippen molar-refractivity contribution in [3.05, 3.63) is 34.9 Å². The molecule has 0 saturated carbocycles. The highest BCUT2D eigenvalue weighted by atomic mass is 35.5. The van der Waals surface area contributed by atoms with Gasteiger partial charge in [0.05, 0.1) is 16.6 Å². The molecule has 1 heterocycles. The lowest BCUT2D eigenvalue weighted by molar-refractivity contribution is -0.216. The fourth-order valence-electron chi connectivity index (χ4n) is 2.64. The number of carboxylic acid groups (broad SMARTS) is 1. The van der Waals surface area contributed by atoms with Crippen LogP contribution in [0.4, 0.5) is 0 Å². The molecule has 0 unspecified atom stereocenters. The molecule has 1 aliphatic heterocycles. The molecule has 1 aromatic carbocycles. The van der Waals surface area contributed by atoms with E-state index in [2.05, 4.69) is 0 Å². The Morgan fingerprint density at radius 3 is 2.11 bits per heavy atom. The standard InChI is InChI=1S/C13H17NO3.ClH/c1-12(2)9-6-5-8(11(15)16)7-10(9)13(3,4)14(12)17;/h5-7,17H,1-4H3,(H,15,16);1H. The van der Waals surface area contributed by atoms with E-state index in [1.54, 1.807) is 18.2 Å². The van der Waals surface area contributed by atoms with E-state index in [1.165, 1.54) is 5.06 Å². The van der Waals surface area contributed by atoms with Crippen LogP contribution in [-0.4, -0.2) is 21.3 Å². The van der Waals surface area contributed by atoms with E-state index in [1.807, 2.05) is 27.7 Å². The monoisotopic (exact) mass is 271 g/mol. The molecule has 4 nitrogen and oxygen atoms in total. The molecule has 0 fully saturated rings. The molecule has 1 aromatic rings. The van der Waals surface area contributed by atoms with Gasteiger partial charge in [0.1, 0.15) is 0 Å². The SMILES string of the molecule is CC1(C)c2ccc(C(=O)O)cc2C(C)(C)N1O.Cl. The number of rotatable bonds is 1. The summed E-state index contributed by atoms with van der Waals surface area (Å²) in [5.41, 5.74) is 1.00.